The second-order valence-corrected chi connectivity index (χ2v) is 5.53. The maximum atomic E-state index is 5.90. The molecule has 1 unspecified atom stereocenters. The smallest absolute Gasteiger partial charge is 0.0476 e. The van der Waals surface area contributed by atoms with E-state index in [1.165, 1.54) is 49.2 Å². The van der Waals surface area contributed by atoms with Crippen molar-refractivity contribution in [2.75, 3.05) is 18.0 Å². The Labute approximate surface area is 110 Å². The lowest BCUT2D eigenvalue weighted by atomic mass is 10.0. The highest BCUT2D eigenvalue weighted by molar-refractivity contribution is 6.17. The topological polar surface area (TPSA) is 3.24 Å². The van der Waals surface area contributed by atoms with Gasteiger partial charge in [0.05, 0.1) is 0 Å². The second-order valence-electron chi connectivity index (χ2n) is 5.27. The minimum Gasteiger partial charge on any atom is -0.372 e. The van der Waals surface area contributed by atoms with Gasteiger partial charge >= 0.3 is 0 Å². The number of alkyl halides is 1. The Morgan fingerprint density at radius 2 is 2.12 bits per heavy atom. The molecule has 0 N–H and O–H groups in total. The van der Waals surface area contributed by atoms with Crippen LogP contribution in [0.4, 0.5) is 5.69 Å². The molecule has 1 heterocycles. The van der Waals surface area contributed by atoms with Crippen molar-refractivity contribution in [2.45, 2.75) is 39.0 Å². The molecule has 1 aliphatic rings. The van der Waals surface area contributed by atoms with Crippen molar-refractivity contribution >= 4 is 17.3 Å². The van der Waals surface area contributed by atoms with Gasteiger partial charge in [-0.15, -0.1) is 11.6 Å². The van der Waals surface area contributed by atoms with Gasteiger partial charge in [-0.25, -0.2) is 0 Å². The van der Waals surface area contributed by atoms with Crippen molar-refractivity contribution in [3.8, 4) is 0 Å². The van der Waals surface area contributed by atoms with Gasteiger partial charge < -0.3 is 4.90 Å². The van der Waals surface area contributed by atoms with Crippen molar-refractivity contribution in [1.82, 2.24) is 0 Å². The molecule has 94 valence electrons. The van der Waals surface area contributed by atoms with E-state index < -0.39 is 0 Å². The predicted octanol–water partition coefficient (Wildman–Crippen LogP) is 4.36. The minimum atomic E-state index is 0.614. The minimum absolute atomic E-state index is 0.614. The van der Waals surface area contributed by atoms with Crippen molar-refractivity contribution in [2.24, 2.45) is 5.92 Å². The van der Waals surface area contributed by atoms with E-state index in [9.17, 15) is 0 Å². The Hall–Kier alpha value is -0.690. The van der Waals surface area contributed by atoms with Gasteiger partial charge in [-0.1, -0.05) is 13.0 Å². The highest BCUT2D eigenvalue weighted by Crippen LogP contribution is 2.24. The molecule has 0 aromatic heterocycles. The molecule has 0 saturated carbocycles. The average Bonchev–Trinajstić information content (AvgIpc) is 2.54. The van der Waals surface area contributed by atoms with Crippen LogP contribution in [-0.4, -0.2) is 13.1 Å². The van der Waals surface area contributed by atoms with Gasteiger partial charge in [-0.3, -0.25) is 0 Å². The zero-order valence-electron chi connectivity index (χ0n) is 10.9. The largest absolute Gasteiger partial charge is 0.372 e. The number of benzene rings is 1. The number of aryl methyl sites for hydroxylation is 1. The summed E-state index contributed by atoms with van der Waals surface area (Å²) in [5, 5.41) is 0. The fourth-order valence-electron chi connectivity index (χ4n) is 2.55. The van der Waals surface area contributed by atoms with Gasteiger partial charge in [0.25, 0.3) is 0 Å². The first-order chi connectivity index (χ1) is 8.20. The maximum absolute atomic E-state index is 5.90. The molecule has 1 nitrogen and oxygen atoms in total. The van der Waals surface area contributed by atoms with Crippen LogP contribution in [0.5, 0.6) is 0 Å². The molecule has 17 heavy (non-hydrogen) atoms. The predicted molar refractivity (Wildman–Crippen MR) is 76.0 cm³/mol. The lowest BCUT2D eigenvalue weighted by molar-refractivity contribution is 0.521. The van der Waals surface area contributed by atoms with E-state index in [2.05, 4.69) is 36.9 Å². The molecule has 0 amide bonds. The fraction of sp³-hybridized carbons (Fsp3) is 0.600. The third-order valence-electron chi connectivity index (χ3n) is 3.85. The van der Waals surface area contributed by atoms with E-state index in [0.29, 0.717) is 5.88 Å². The third kappa shape index (κ3) is 3.16. The van der Waals surface area contributed by atoms with Crippen LogP contribution in [0, 0.1) is 12.8 Å². The van der Waals surface area contributed by atoms with Crippen LogP contribution in [0.2, 0.25) is 0 Å². The quantitative estimate of drug-likeness (QED) is 0.706. The maximum Gasteiger partial charge on any atom is 0.0476 e. The third-order valence-corrected chi connectivity index (χ3v) is 4.14. The Morgan fingerprint density at radius 1 is 1.29 bits per heavy atom. The monoisotopic (exact) mass is 251 g/mol. The standard InChI is InChI=1S/C15H22ClN/c1-12-4-3-8-17(9-7-12)15-6-5-14(11-16)13(2)10-15/h5-6,10,12H,3-4,7-9,11H2,1-2H3. The molecule has 2 heteroatoms. The van der Waals surface area contributed by atoms with E-state index in [-0.39, 0.29) is 0 Å². The molecule has 1 aromatic rings. The van der Waals surface area contributed by atoms with Gasteiger partial charge in [0.2, 0.25) is 0 Å². The molecule has 0 aliphatic carbocycles. The summed E-state index contributed by atoms with van der Waals surface area (Å²) in [6.45, 7) is 6.91. The number of anilines is 1. The molecule has 1 aromatic carbocycles. The van der Waals surface area contributed by atoms with Gasteiger partial charge in [-0.05, 0) is 55.4 Å². The Kier molecular flexibility index (Phi) is 4.33. The number of hydrogen-bond acceptors (Lipinski definition) is 1. The van der Waals surface area contributed by atoms with Crippen molar-refractivity contribution in [3.05, 3.63) is 29.3 Å². The van der Waals surface area contributed by atoms with E-state index in [1.807, 2.05) is 0 Å². The number of nitrogens with zero attached hydrogens (tertiary/aromatic N) is 1. The number of rotatable bonds is 2. The van der Waals surface area contributed by atoms with Crippen molar-refractivity contribution in [1.29, 1.82) is 0 Å². The fourth-order valence-corrected chi connectivity index (χ4v) is 2.85. The molecule has 2 rings (SSSR count). The summed E-state index contributed by atoms with van der Waals surface area (Å²) in [5.41, 5.74) is 3.93. The second kappa shape index (κ2) is 5.77. The Balaban J connectivity index is 2.13. The summed E-state index contributed by atoms with van der Waals surface area (Å²) in [6, 6.07) is 6.68. The Morgan fingerprint density at radius 3 is 2.82 bits per heavy atom. The summed E-state index contributed by atoms with van der Waals surface area (Å²) >= 11 is 5.90. The van der Waals surface area contributed by atoms with Crippen molar-refractivity contribution in [3.63, 3.8) is 0 Å². The first-order valence-corrected chi connectivity index (χ1v) is 7.14. The molecular weight excluding hydrogens is 230 g/mol. The van der Waals surface area contributed by atoms with Crippen LogP contribution in [0.15, 0.2) is 18.2 Å². The highest BCUT2D eigenvalue weighted by atomic mass is 35.5. The molecule has 0 spiro atoms. The molecular formula is C15H22ClN. The van der Waals surface area contributed by atoms with Crippen LogP contribution in [0.25, 0.3) is 0 Å². The summed E-state index contributed by atoms with van der Waals surface area (Å²) in [7, 11) is 0. The number of halogens is 1. The molecule has 0 bridgehead atoms. The summed E-state index contributed by atoms with van der Waals surface area (Å²) in [5.74, 6) is 1.49. The van der Waals surface area contributed by atoms with Crippen LogP contribution in [0.1, 0.15) is 37.3 Å². The summed E-state index contributed by atoms with van der Waals surface area (Å²) in [6.07, 6.45) is 4.00. The first kappa shape index (κ1) is 12.8. The van der Waals surface area contributed by atoms with Crippen LogP contribution < -0.4 is 4.90 Å². The molecule has 1 atom stereocenters. The van der Waals surface area contributed by atoms with Gasteiger partial charge in [0.15, 0.2) is 0 Å². The zero-order chi connectivity index (χ0) is 12.3. The number of hydrogen-bond donors (Lipinski definition) is 0. The molecule has 0 radical (unpaired) electrons. The van der Waals surface area contributed by atoms with Crippen LogP contribution in [-0.2, 0) is 5.88 Å². The van der Waals surface area contributed by atoms with E-state index in [4.69, 9.17) is 11.6 Å². The van der Waals surface area contributed by atoms with Crippen molar-refractivity contribution < 1.29 is 0 Å². The van der Waals surface area contributed by atoms with Crippen LogP contribution in [0.3, 0.4) is 0 Å². The summed E-state index contributed by atoms with van der Waals surface area (Å²) in [4.78, 5) is 2.52. The average molecular weight is 252 g/mol. The Bertz CT molecular complexity index is 375. The van der Waals surface area contributed by atoms with Gasteiger partial charge in [0, 0.05) is 24.7 Å². The van der Waals surface area contributed by atoms with Crippen LogP contribution >= 0.6 is 11.6 Å². The lowest BCUT2D eigenvalue weighted by Crippen LogP contribution is -2.24. The first-order valence-electron chi connectivity index (χ1n) is 6.61. The summed E-state index contributed by atoms with van der Waals surface area (Å²) < 4.78 is 0. The van der Waals surface area contributed by atoms with Gasteiger partial charge in [0.1, 0.15) is 0 Å². The highest BCUT2D eigenvalue weighted by Gasteiger charge is 2.14. The van der Waals surface area contributed by atoms with E-state index >= 15 is 0 Å². The zero-order valence-corrected chi connectivity index (χ0v) is 11.6. The molecule has 1 fully saturated rings. The lowest BCUT2D eigenvalue weighted by Gasteiger charge is -2.23. The van der Waals surface area contributed by atoms with E-state index in [1.54, 1.807) is 0 Å². The SMILES string of the molecule is Cc1cc(N2CCCC(C)CC2)ccc1CCl. The molecule has 1 saturated heterocycles. The van der Waals surface area contributed by atoms with E-state index in [0.717, 1.165) is 5.92 Å². The molecule has 1 aliphatic heterocycles. The normalized spacial score (nSPS) is 21.4. The van der Waals surface area contributed by atoms with Gasteiger partial charge in [-0.2, -0.15) is 0 Å².